The first-order valence-corrected chi connectivity index (χ1v) is 9.97. The van der Waals surface area contributed by atoms with Gasteiger partial charge in [0.25, 0.3) is 0 Å². The molecule has 150 valence electrons. The molecule has 0 saturated heterocycles. The van der Waals surface area contributed by atoms with Gasteiger partial charge in [0.15, 0.2) is 8.03 Å². The summed E-state index contributed by atoms with van der Waals surface area (Å²) in [5.74, 6) is -4.46. The van der Waals surface area contributed by atoms with Gasteiger partial charge in [0.2, 0.25) is 0 Å². The molecule has 0 bridgehead atoms. The predicted octanol–water partition coefficient (Wildman–Crippen LogP) is 3.38. The van der Waals surface area contributed by atoms with Crippen LogP contribution in [0.4, 0.5) is 10.1 Å². The highest BCUT2D eigenvalue weighted by atomic mass is 31.1. The van der Waals surface area contributed by atoms with E-state index in [0.29, 0.717) is 11.3 Å². The van der Waals surface area contributed by atoms with E-state index in [9.17, 15) is 28.5 Å². The van der Waals surface area contributed by atoms with Crippen LogP contribution in [0.25, 0.3) is 0 Å². The maximum atomic E-state index is 13.6. The molecule has 4 unspecified atom stereocenters. The fourth-order valence-corrected chi connectivity index (χ4v) is 4.30. The number of anilines is 1. The van der Waals surface area contributed by atoms with Gasteiger partial charge in [0.1, 0.15) is 5.82 Å². The van der Waals surface area contributed by atoms with Crippen molar-refractivity contribution in [3.8, 4) is 0 Å². The van der Waals surface area contributed by atoms with Crippen molar-refractivity contribution in [1.29, 1.82) is 0 Å². The van der Waals surface area contributed by atoms with Crippen molar-refractivity contribution in [2.24, 2.45) is 5.92 Å². The van der Waals surface area contributed by atoms with Crippen LogP contribution in [0.5, 0.6) is 0 Å². The summed E-state index contributed by atoms with van der Waals surface area (Å²) in [6, 6.07) is 12.9. The Morgan fingerprint density at radius 2 is 1.75 bits per heavy atom. The van der Waals surface area contributed by atoms with Crippen LogP contribution in [-0.2, 0) is 14.2 Å². The number of carboxylic acids is 2. The van der Waals surface area contributed by atoms with Crippen LogP contribution >= 0.6 is 8.03 Å². The maximum Gasteiger partial charge on any atom is 0.307 e. The molecule has 0 aromatic heterocycles. The third-order valence-electron chi connectivity index (χ3n) is 4.37. The lowest BCUT2D eigenvalue weighted by Crippen LogP contribution is -2.35. The van der Waals surface area contributed by atoms with E-state index in [0.717, 1.165) is 0 Å². The molecule has 0 amide bonds. The van der Waals surface area contributed by atoms with Crippen molar-refractivity contribution >= 4 is 25.7 Å². The van der Waals surface area contributed by atoms with Gasteiger partial charge in [-0.1, -0.05) is 36.4 Å². The Bertz CT molecular complexity index is 847. The third kappa shape index (κ3) is 5.90. The summed E-state index contributed by atoms with van der Waals surface area (Å²) in [5, 5.41) is 21.5. The standard InChI is InChI=1S/C19H21FNO6P/c20-13-7-4-8-14(11-13)21-17(12-5-2-1-3-6-12)18(28(26)27)15(19(24)25)9-10-16(22)23/h1-8,11,15,17-18,21,28H,9-10H2,(H,22,23)(H,24,25)(H,26,27). The highest BCUT2D eigenvalue weighted by Crippen LogP contribution is 2.42. The molecule has 4 N–H and O–H groups in total. The van der Waals surface area contributed by atoms with Gasteiger partial charge in [0.05, 0.1) is 17.6 Å². The molecule has 2 rings (SSSR count). The molecule has 0 fully saturated rings. The molecule has 2 aromatic carbocycles. The average Bonchev–Trinajstić information content (AvgIpc) is 2.63. The smallest absolute Gasteiger partial charge is 0.307 e. The van der Waals surface area contributed by atoms with E-state index in [1.165, 1.54) is 18.2 Å². The second kappa shape index (κ2) is 10.0. The Morgan fingerprint density at radius 1 is 1.07 bits per heavy atom. The first-order chi connectivity index (χ1) is 13.3. The van der Waals surface area contributed by atoms with Crippen LogP contribution in [0.2, 0.25) is 0 Å². The Kier molecular flexibility index (Phi) is 7.72. The number of rotatable bonds is 10. The molecule has 0 aliphatic carbocycles. The molecule has 0 saturated carbocycles. The molecular formula is C19H21FNO6P. The number of benzene rings is 2. The Morgan fingerprint density at radius 3 is 2.29 bits per heavy atom. The van der Waals surface area contributed by atoms with E-state index in [4.69, 9.17) is 5.11 Å². The number of aliphatic carboxylic acids is 2. The molecule has 9 heteroatoms. The van der Waals surface area contributed by atoms with E-state index >= 15 is 0 Å². The van der Waals surface area contributed by atoms with Gasteiger partial charge in [-0.05, 0) is 30.2 Å². The van der Waals surface area contributed by atoms with Crippen LogP contribution in [0.1, 0.15) is 24.4 Å². The Balaban J connectivity index is 2.47. The van der Waals surface area contributed by atoms with Crippen molar-refractivity contribution in [2.45, 2.75) is 24.5 Å². The summed E-state index contributed by atoms with van der Waals surface area (Å²) in [5.41, 5.74) is -0.456. The molecule has 0 heterocycles. The number of carboxylic acid groups (broad SMARTS) is 2. The largest absolute Gasteiger partial charge is 0.481 e. The van der Waals surface area contributed by atoms with Gasteiger partial charge in [-0.15, -0.1) is 0 Å². The van der Waals surface area contributed by atoms with Crippen molar-refractivity contribution in [2.75, 3.05) is 5.32 Å². The van der Waals surface area contributed by atoms with Crippen molar-refractivity contribution < 1.29 is 33.7 Å². The van der Waals surface area contributed by atoms with Crippen LogP contribution in [0, 0.1) is 11.7 Å². The van der Waals surface area contributed by atoms with Gasteiger partial charge < -0.3 is 20.4 Å². The Hall–Kier alpha value is -2.70. The molecular weight excluding hydrogens is 388 g/mol. The van der Waals surface area contributed by atoms with Gasteiger partial charge >= 0.3 is 11.9 Å². The highest BCUT2D eigenvalue weighted by Gasteiger charge is 2.39. The summed E-state index contributed by atoms with van der Waals surface area (Å²) in [6.07, 6.45) is -0.759. The van der Waals surface area contributed by atoms with E-state index in [1.807, 2.05) is 0 Å². The molecule has 0 aliphatic rings. The summed E-state index contributed by atoms with van der Waals surface area (Å²) in [6.45, 7) is 0. The zero-order valence-electron chi connectivity index (χ0n) is 14.8. The Labute approximate surface area is 161 Å². The predicted molar refractivity (Wildman–Crippen MR) is 102 cm³/mol. The molecule has 0 aliphatic heterocycles. The SMILES string of the molecule is O=C(O)CCC(C(=O)O)C(C(Nc1cccc(F)c1)c1ccccc1)[PH](=O)O. The summed E-state index contributed by atoms with van der Waals surface area (Å²) < 4.78 is 25.8. The fourth-order valence-electron chi connectivity index (χ4n) is 3.08. The van der Waals surface area contributed by atoms with E-state index in [-0.39, 0.29) is 6.42 Å². The van der Waals surface area contributed by atoms with E-state index in [2.05, 4.69) is 5.32 Å². The van der Waals surface area contributed by atoms with Gasteiger partial charge in [-0.3, -0.25) is 14.2 Å². The molecule has 28 heavy (non-hydrogen) atoms. The minimum Gasteiger partial charge on any atom is -0.481 e. The van der Waals surface area contributed by atoms with Gasteiger partial charge in [-0.2, -0.15) is 0 Å². The topological polar surface area (TPSA) is 124 Å². The summed E-state index contributed by atoms with van der Waals surface area (Å²) >= 11 is 0. The van der Waals surface area contributed by atoms with Crippen LogP contribution in [-0.4, -0.2) is 32.7 Å². The highest BCUT2D eigenvalue weighted by molar-refractivity contribution is 7.39. The molecule has 4 atom stereocenters. The van der Waals surface area contributed by atoms with Crippen LogP contribution in [0.15, 0.2) is 54.6 Å². The van der Waals surface area contributed by atoms with Gasteiger partial charge in [-0.25, -0.2) is 4.39 Å². The zero-order chi connectivity index (χ0) is 20.7. The monoisotopic (exact) mass is 409 g/mol. The zero-order valence-corrected chi connectivity index (χ0v) is 15.8. The quantitative estimate of drug-likeness (QED) is 0.444. The normalized spacial score (nSPS) is 15.2. The molecule has 0 radical (unpaired) electrons. The second-order valence-electron chi connectivity index (χ2n) is 6.28. The van der Waals surface area contributed by atoms with Gasteiger partial charge in [0, 0.05) is 12.1 Å². The first-order valence-electron chi connectivity index (χ1n) is 8.54. The average molecular weight is 409 g/mol. The maximum absolute atomic E-state index is 13.6. The second-order valence-corrected chi connectivity index (χ2v) is 7.63. The lowest BCUT2D eigenvalue weighted by molar-refractivity contribution is -0.143. The number of carbonyl (C=O) groups is 2. The summed E-state index contributed by atoms with van der Waals surface area (Å²) in [4.78, 5) is 32.7. The first kappa shape index (κ1) is 21.6. The third-order valence-corrected chi connectivity index (χ3v) is 5.68. The van der Waals surface area contributed by atoms with E-state index < -0.39 is 49.8 Å². The van der Waals surface area contributed by atoms with Crippen molar-refractivity contribution in [3.05, 3.63) is 66.0 Å². The van der Waals surface area contributed by atoms with E-state index in [1.54, 1.807) is 36.4 Å². The molecule has 7 nitrogen and oxygen atoms in total. The number of hydrogen-bond donors (Lipinski definition) is 4. The van der Waals surface area contributed by atoms with Crippen LogP contribution < -0.4 is 5.32 Å². The lowest BCUT2D eigenvalue weighted by atomic mass is 9.90. The number of hydrogen-bond acceptors (Lipinski definition) is 4. The fraction of sp³-hybridized carbons (Fsp3) is 0.263. The minimum absolute atomic E-state index is 0.305. The van der Waals surface area contributed by atoms with Crippen molar-refractivity contribution in [1.82, 2.24) is 0 Å². The number of halogens is 1. The van der Waals surface area contributed by atoms with Crippen LogP contribution in [0.3, 0.4) is 0 Å². The molecule has 0 spiro atoms. The lowest BCUT2D eigenvalue weighted by Gasteiger charge is -2.31. The van der Waals surface area contributed by atoms with Crippen molar-refractivity contribution in [3.63, 3.8) is 0 Å². The summed E-state index contributed by atoms with van der Waals surface area (Å²) in [7, 11) is -3.42. The molecule has 2 aromatic rings. The minimum atomic E-state index is -3.42. The number of nitrogens with one attached hydrogen (secondary N) is 1.